The van der Waals surface area contributed by atoms with Crippen LogP contribution in [0.5, 0.6) is 0 Å². The summed E-state index contributed by atoms with van der Waals surface area (Å²) in [6, 6.07) is -0.463. The molecule has 0 spiro atoms. The number of nitrogens with zero attached hydrogens (tertiary/aromatic N) is 2. The molecule has 3 unspecified atom stereocenters. The van der Waals surface area contributed by atoms with Crippen LogP contribution in [0.3, 0.4) is 0 Å². The first-order chi connectivity index (χ1) is 11.8. The van der Waals surface area contributed by atoms with E-state index in [4.69, 9.17) is 0 Å². The largest absolute Gasteiger partial charge is 0.353 e. The van der Waals surface area contributed by atoms with E-state index in [0.717, 1.165) is 32.2 Å². The highest BCUT2D eigenvalue weighted by atomic mass is 32.2. The second kappa shape index (κ2) is 7.59. The Balaban J connectivity index is 1.56. The highest BCUT2D eigenvalue weighted by Gasteiger charge is 2.44. The van der Waals surface area contributed by atoms with E-state index in [1.807, 2.05) is 4.90 Å². The minimum atomic E-state index is -3.29. The van der Waals surface area contributed by atoms with Crippen LogP contribution in [0.15, 0.2) is 0 Å². The Kier molecular flexibility index (Phi) is 5.65. The first kappa shape index (κ1) is 18.6. The van der Waals surface area contributed by atoms with E-state index >= 15 is 0 Å². The SMILES string of the molecule is CS(=O)(=O)NC1CC2C(=O)NCC(CCC(=O)N3CCCCC3)N2C1. The number of likely N-dealkylation sites (tertiary alicyclic amines) is 1. The van der Waals surface area contributed by atoms with E-state index in [0.29, 0.717) is 32.4 Å². The zero-order valence-corrected chi connectivity index (χ0v) is 15.6. The number of piperazine rings is 1. The molecule has 8 nitrogen and oxygen atoms in total. The fourth-order valence-electron chi connectivity index (χ4n) is 4.22. The number of carbonyl (C=O) groups is 2. The molecule has 0 saturated carbocycles. The van der Waals surface area contributed by atoms with Crippen molar-refractivity contribution in [2.75, 3.05) is 32.4 Å². The molecule has 3 rings (SSSR count). The minimum Gasteiger partial charge on any atom is -0.353 e. The standard InChI is InChI=1S/C16H28N4O4S/c1-25(23,24)18-12-9-14-16(22)17-10-13(20(14)11-12)5-6-15(21)19-7-3-2-4-8-19/h12-14,18H,2-11H2,1H3,(H,17,22). The Morgan fingerprint density at radius 1 is 1.28 bits per heavy atom. The quantitative estimate of drug-likeness (QED) is 0.663. The molecule has 3 aliphatic rings. The number of rotatable bonds is 5. The van der Waals surface area contributed by atoms with Crippen molar-refractivity contribution in [1.29, 1.82) is 0 Å². The molecule has 0 aromatic carbocycles. The Hall–Kier alpha value is -1.19. The summed E-state index contributed by atoms with van der Waals surface area (Å²) in [6.07, 6.45) is 6.15. The van der Waals surface area contributed by atoms with Crippen LogP contribution in [0.4, 0.5) is 0 Å². The molecule has 0 radical (unpaired) electrons. The van der Waals surface area contributed by atoms with Gasteiger partial charge in [-0.15, -0.1) is 0 Å². The molecule has 3 saturated heterocycles. The van der Waals surface area contributed by atoms with Gasteiger partial charge in [-0.1, -0.05) is 0 Å². The third kappa shape index (κ3) is 4.71. The zero-order valence-electron chi connectivity index (χ0n) is 14.7. The first-order valence-electron chi connectivity index (χ1n) is 9.12. The van der Waals surface area contributed by atoms with Crippen LogP contribution >= 0.6 is 0 Å². The minimum absolute atomic E-state index is 0.0450. The van der Waals surface area contributed by atoms with Crippen LogP contribution in [0.1, 0.15) is 38.5 Å². The fourth-order valence-corrected chi connectivity index (χ4v) is 5.00. The van der Waals surface area contributed by atoms with Crippen LogP contribution in [0, 0.1) is 0 Å². The monoisotopic (exact) mass is 372 g/mol. The molecule has 3 atom stereocenters. The summed E-state index contributed by atoms with van der Waals surface area (Å²) in [4.78, 5) is 28.5. The average Bonchev–Trinajstić information content (AvgIpc) is 2.97. The highest BCUT2D eigenvalue weighted by molar-refractivity contribution is 7.88. The van der Waals surface area contributed by atoms with Gasteiger partial charge in [0.15, 0.2) is 0 Å². The number of amides is 2. The summed E-state index contributed by atoms with van der Waals surface area (Å²) >= 11 is 0. The molecule has 0 aliphatic carbocycles. The summed E-state index contributed by atoms with van der Waals surface area (Å²) in [5, 5.41) is 2.91. The van der Waals surface area contributed by atoms with Gasteiger partial charge >= 0.3 is 0 Å². The van der Waals surface area contributed by atoms with Gasteiger partial charge in [-0.25, -0.2) is 13.1 Å². The van der Waals surface area contributed by atoms with Gasteiger partial charge in [-0.2, -0.15) is 0 Å². The summed E-state index contributed by atoms with van der Waals surface area (Å²) in [5.41, 5.74) is 0. The van der Waals surface area contributed by atoms with E-state index in [9.17, 15) is 18.0 Å². The van der Waals surface area contributed by atoms with Crippen LogP contribution in [0.2, 0.25) is 0 Å². The molecular formula is C16H28N4O4S. The summed E-state index contributed by atoms with van der Waals surface area (Å²) in [7, 11) is -3.29. The highest BCUT2D eigenvalue weighted by Crippen LogP contribution is 2.26. The third-order valence-electron chi connectivity index (χ3n) is 5.40. The first-order valence-corrected chi connectivity index (χ1v) is 11.0. The van der Waals surface area contributed by atoms with Crippen molar-refractivity contribution in [3.05, 3.63) is 0 Å². The number of hydrogen-bond donors (Lipinski definition) is 2. The number of piperidine rings is 1. The van der Waals surface area contributed by atoms with E-state index < -0.39 is 10.0 Å². The molecule has 2 amide bonds. The normalized spacial score (nSPS) is 30.8. The maximum absolute atomic E-state index is 12.4. The van der Waals surface area contributed by atoms with E-state index in [1.165, 1.54) is 6.42 Å². The molecule has 142 valence electrons. The molecule has 25 heavy (non-hydrogen) atoms. The van der Waals surface area contributed by atoms with Crippen molar-refractivity contribution in [1.82, 2.24) is 19.8 Å². The molecule has 3 fully saturated rings. The Bertz CT molecular complexity index is 618. The van der Waals surface area contributed by atoms with Crippen LogP contribution in [0.25, 0.3) is 0 Å². The summed E-state index contributed by atoms with van der Waals surface area (Å²) in [5.74, 6) is 0.148. The van der Waals surface area contributed by atoms with E-state index in [1.54, 1.807) is 0 Å². The lowest BCUT2D eigenvalue weighted by Gasteiger charge is -2.37. The van der Waals surface area contributed by atoms with Crippen molar-refractivity contribution < 1.29 is 18.0 Å². The van der Waals surface area contributed by atoms with Crippen LogP contribution in [-0.4, -0.2) is 80.6 Å². The maximum Gasteiger partial charge on any atom is 0.237 e. The van der Waals surface area contributed by atoms with Gasteiger partial charge in [0.25, 0.3) is 0 Å². The molecule has 0 aromatic heterocycles. The average molecular weight is 372 g/mol. The molecule has 0 aromatic rings. The van der Waals surface area contributed by atoms with Crippen molar-refractivity contribution in [2.24, 2.45) is 0 Å². The third-order valence-corrected chi connectivity index (χ3v) is 6.17. The van der Waals surface area contributed by atoms with E-state index in [-0.39, 0.29) is 29.9 Å². The van der Waals surface area contributed by atoms with Gasteiger partial charge in [0.2, 0.25) is 21.8 Å². The van der Waals surface area contributed by atoms with Crippen molar-refractivity contribution in [3.63, 3.8) is 0 Å². The number of nitrogens with one attached hydrogen (secondary N) is 2. The lowest BCUT2D eigenvalue weighted by atomic mass is 10.0. The van der Waals surface area contributed by atoms with Gasteiger partial charge < -0.3 is 10.2 Å². The summed E-state index contributed by atoms with van der Waals surface area (Å²) in [6.45, 7) is 2.75. The number of hydrogen-bond acceptors (Lipinski definition) is 5. The Morgan fingerprint density at radius 3 is 2.68 bits per heavy atom. The fraction of sp³-hybridized carbons (Fsp3) is 0.875. The lowest BCUT2D eigenvalue weighted by Crippen LogP contribution is -2.58. The van der Waals surface area contributed by atoms with E-state index in [2.05, 4.69) is 14.9 Å². The number of carbonyl (C=O) groups excluding carboxylic acids is 2. The zero-order chi connectivity index (χ0) is 18.0. The second-order valence-electron chi connectivity index (χ2n) is 7.41. The van der Waals surface area contributed by atoms with Crippen LogP contribution in [-0.2, 0) is 19.6 Å². The molecule has 9 heteroatoms. The number of fused-ring (bicyclic) bond motifs is 1. The van der Waals surface area contributed by atoms with Crippen molar-refractivity contribution in [3.8, 4) is 0 Å². The Labute approximate surface area is 149 Å². The predicted octanol–water partition coefficient (Wildman–Crippen LogP) is -0.730. The van der Waals surface area contributed by atoms with Gasteiger partial charge in [-0.05, 0) is 32.1 Å². The molecular weight excluding hydrogens is 344 g/mol. The van der Waals surface area contributed by atoms with Crippen molar-refractivity contribution in [2.45, 2.75) is 56.7 Å². The predicted molar refractivity (Wildman–Crippen MR) is 93.3 cm³/mol. The molecule has 2 N–H and O–H groups in total. The summed E-state index contributed by atoms with van der Waals surface area (Å²) < 4.78 is 25.5. The smallest absolute Gasteiger partial charge is 0.237 e. The molecule has 0 bridgehead atoms. The van der Waals surface area contributed by atoms with Gasteiger partial charge in [0.05, 0.1) is 12.3 Å². The number of sulfonamides is 1. The van der Waals surface area contributed by atoms with Gasteiger partial charge in [0.1, 0.15) is 0 Å². The molecule has 3 heterocycles. The van der Waals surface area contributed by atoms with Gasteiger partial charge in [-0.3, -0.25) is 14.5 Å². The topological polar surface area (TPSA) is 98.8 Å². The van der Waals surface area contributed by atoms with Gasteiger partial charge in [0, 0.05) is 44.7 Å². The van der Waals surface area contributed by atoms with Crippen molar-refractivity contribution >= 4 is 21.8 Å². The molecule has 3 aliphatic heterocycles. The lowest BCUT2D eigenvalue weighted by molar-refractivity contribution is -0.133. The Morgan fingerprint density at radius 2 is 2.00 bits per heavy atom. The second-order valence-corrected chi connectivity index (χ2v) is 9.19. The maximum atomic E-state index is 12.4. The van der Waals surface area contributed by atoms with Crippen LogP contribution < -0.4 is 10.0 Å².